The van der Waals surface area contributed by atoms with E-state index < -0.39 is 0 Å². The van der Waals surface area contributed by atoms with E-state index in [-0.39, 0.29) is 18.2 Å². The van der Waals surface area contributed by atoms with E-state index in [0.29, 0.717) is 12.6 Å². The second-order valence-electron chi connectivity index (χ2n) is 6.46. The fourth-order valence-corrected chi connectivity index (χ4v) is 3.18. The molecule has 5 nitrogen and oxygen atoms in total. The molecule has 0 spiro atoms. The molecule has 2 amide bonds. The number of carbonyl (C=O) groups is 1. The molecule has 0 bridgehead atoms. The number of nitrogens with one attached hydrogen (secondary N) is 2. The van der Waals surface area contributed by atoms with E-state index in [4.69, 9.17) is 9.47 Å². The van der Waals surface area contributed by atoms with Crippen LogP contribution in [-0.2, 0) is 9.47 Å². The largest absolute Gasteiger partial charge is 0.378 e. The fraction of sp³-hybridized carbons (Fsp3) is 0.611. The predicted octanol–water partition coefficient (Wildman–Crippen LogP) is 2.63. The monoisotopic (exact) mass is 318 g/mol. The number of rotatable bonds is 6. The van der Waals surface area contributed by atoms with Gasteiger partial charge in [-0.05, 0) is 37.2 Å². The Morgan fingerprint density at radius 1 is 1.30 bits per heavy atom. The zero-order valence-corrected chi connectivity index (χ0v) is 13.7. The molecule has 126 valence electrons. The molecule has 1 aliphatic heterocycles. The van der Waals surface area contributed by atoms with Gasteiger partial charge in [-0.15, -0.1) is 0 Å². The Hall–Kier alpha value is -1.59. The fourth-order valence-electron chi connectivity index (χ4n) is 3.18. The van der Waals surface area contributed by atoms with Crippen molar-refractivity contribution in [2.45, 2.75) is 43.9 Å². The van der Waals surface area contributed by atoms with Crippen LogP contribution in [0.25, 0.3) is 0 Å². The molecule has 1 saturated carbocycles. The van der Waals surface area contributed by atoms with Crippen molar-refractivity contribution in [3.8, 4) is 0 Å². The molecule has 1 saturated heterocycles. The lowest BCUT2D eigenvalue weighted by atomic mass is 10.0. The second kappa shape index (κ2) is 7.79. The molecule has 0 radical (unpaired) electrons. The highest BCUT2D eigenvalue weighted by Gasteiger charge is 2.36. The number of urea groups is 1. The maximum absolute atomic E-state index is 12.1. The Kier molecular flexibility index (Phi) is 5.51. The highest BCUT2D eigenvalue weighted by Crippen LogP contribution is 2.38. The smallest absolute Gasteiger partial charge is 0.315 e. The maximum Gasteiger partial charge on any atom is 0.315 e. The number of hydrogen-bond acceptors (Lipinski definition) is 3. The van der Waals surface area contributed by atoms with Crippen LogP contribution in [0.3, 0.4) is 0 Å². The molecular weight excluding hydrogens is 292 g/mol. The van der Waals surface area contributed by atoms with E-state index in [1.54, 1.807) is 7.11 Å². The summed E-state index contributed by atoms with van der Waals surface area (Å²) in [6, 6.07) is 10.0. The normalized spacial score (nSPS) is 25.6. The third-order valence-corrected chi connectivity index (χ3v) is 4.70. The Balaban J connectivity index is 1.43. The second-order valence-corrected chi connectivity index (χ2v) is 6.46. The Labute approximate surface area is 137 Å². The van der Waals surface area contributed by atoms with Crippen LogP contribution in [0, 0.1) is 5.92 Å². The molecule has 2 aliphatic rings. The van der Waals surface area contributed by atoms with E-state index in [9.17, 15) is 4.79 Å². The number of carbonyl (C=O) groups excluding carboxylic acids is 1. The summed E-state index contributed by atoms with van der Waals surface area (Å²) >= 11 is 0. The molecule has 0 aromatic heterocycles. The molecule has 3 rings (SSSR count). The zero-order chi connectivity index (χ0) is 16.1. The number of ether oxygens (including phenoxy) is 2. The summed E-state index contributed by atoms with van der Waals surface area (Å²) in [5.74, 6) is 0.721. The van der Waals surface area contributed by atoms with Crippen LogP contribution < -0.4 is 10.6 Å². The van der Waals surface area contributed by atoms with Gasteiger partial charge in [-0.25, -0.2) is 4.79 Å². The summed E-state index contributed by atoms with van der Waals surface area (Å²) in [5.41, 5.74) is 1.06. The lowest BCUT2D eigenvalue weighted by molar-refractivity contribution is -0.00921. The Morgan fingerprint density at radius 3 is 2.78 bits per heavy atom. The first-order valence-electron chi connectivity index (χ1n) is 8.50. The SMILES string of the molecule is CO[C@H](CNC(=O)N[C@@H]1CCO[C@@H](C2CC2)C1)c1ccccc1. The van der Waals surface area contributed by atoms with Crippen LogP contribution in [0.4, 0.5) is 4.79 Å². The van der Waals surface area contributed by atoms with Crippen LogP contribution in [0.5, 0.6) is 0 Å². The van der Waals surface area contributed by atoms with Crippen molar-refractivity contribution in [2.75, 3.05) is 20.3 Å². The van der Waals surface area contributed by atoms with E-state index in [2.05, 4.69) is 10.6 Å². The summed E-state index contributed by atoms with van der Waals surface area (Å²) in [5, 5.41) is 6.00. The average Bonchev–Trinajstić information content (AvgIpc) is 3.42. The van der Waals surface area contributed by atoms with E-state index in [1.807, 2.05) is 30.3 Å². The summed E-state index contributed by atoms with van der Waals surface area (Å²) in [6.07, 6.45) is 4.58. The van der Waals surface area contributed by atoms with Gasteiger partial charge in [0.15, 0.2) is 0 Å². The van der Waals surface area contributed by atoms with Gasteiger partial charge >= 0.3 is 6.03 Å². The molecule has 1 aromatic rings. The van der Waals surface area contributed by atoms with Crippen LogP contribution in [0.1, 0.15) is 37.4 Å². The first-order valence-corrected chi connectivity index (χ1v) is 8.50. The summed E-state index contributed by atoms with van der Waals surface area (Å²) in [4.78, 5) is 12.1. The highest BCUT2D eigenvalue weighted by atomic mass is 16.5. The van der Waals surface area contributed by atoms with Gasteiger partial charge in [0.2, 0.25) is 0 Å². The highest BCUT2D eigenvalue weighted by molar-refractivity contribution is 5.74. The first-order chi connectivity index (χ1) is 11.3. The van der Waals surface area contributed by atoms with Gasteiger partial charge in [0.25, 0.3) is 0 Å². The summed E-state index contributed by atoms with van der Waals surface area (Å²) in [6.45, 7) is 1.21. The standard InChI is InChI=1S/C18H26N2O3/c1-22-17(13-5-3-2-4-6-13)12-19-18(21)20-15-9-10-23-16(11-15)14-7-8-14/h2-6,14-17H,7-12H2,1H3,(H2,19,20,21)/t15-,16-,17-/m1/s1. The van der Waals surface area contributed by atoms with Gasteiger partial charge in [0.05, 0.1) is 12.2 Å². The van der Waals surface area contributed by atoms with Gasteiger partial charge in [0, 0.05) is 26.3 Å². The lowest BCUT2D eigenvalue weighted by Gasteiger charge is -2.30. The van der Waals surface area contributed by atoms with Crippen molar-refractivity contribution in [1.82, 2.24) is 10.6 Å². The van der Waals surface area contributed by atoms with Crippen molar-refractivity contribution in [3.63, 3.8) is 0 Å². The van der Waals surface area contributed by atoms with Gasteiger partial charge < -0.3 is 20.1 Å². The number of methoxy groups -OCH3 is 1. The summed E-state index contributed by atoms with van der Waals surface area (Å²) in [7, 11) is 1.66. The van der Waals surface area contributed by atoms with Crippen LogP contribution in [0.15, 0.2) is 30.3 Å². The van der Waals surface area contributed by atoms with Gasteiger partial charge in [-0.2, -0.15) is 0 Å². The van der Waals surface area contributed by atoms with E-state index >= 15 is 0 Å². The Morgan fingerprint density at radius 2 is 2.09 bits per heavy atom. The molecule has 1 aliphatic carbocycles. The van der Waals surface area contributed by atoms with Crippen LogP contribution in [-0.4, -0.2) is 38.4 Å². The van der Waals surface area contributed by atoms with Crippen molar-refractivity contribution >= 4 is 6.03 Å². The third kappa shape index (κ3) is 4.69. The molecular formula is C18H26N2O3. The minimum absolute atomic E-state index is 0.121. The minimum Gasteiger partial charge on any atom is -0.378 e. The quantitative estimate of drug-likeness (QED) is 0.848. The van der Waals surface area contributed by atoms with E-state index in [1.165, 1.54) is 12.8 Å². The van der Waals surface area contributed by atoms with Gasteiger partial charge in [-0.3, -0.25) is 0 Å². The third-order valence-electron chi connectivity index (χ3n) is 4.70. The van der Waals surface area contributed by atoms with Gasteiger partial charge in [0.1, 0.15) is 0 Å². The van der Waals surface area contributed by atoms with Crippen molar-refractivity contribution < 1.29 is 14.3 Å². The number of hydrogen-bond donors (Lipinski definition) is 2. The molecule has 3 atom stereocenters. The van der Waals surface area contributed by atoms with Crippen molar-refractivity contribution in [2.24, 2.45) is 5.92 Å². The molecule has 2 N–H and O–H groups in total. The Bertz CT molecular complexity index is 504. The molecule has 23 heavy (non-hydrogen) atoms. The lowest BCUT2D eigenvalue weighted by Crippen LogP contribution is -2.47. The van der Waals surface area contributed by atoms with Gasteiger partial charge in [-0.1, -0.05) is 30.3 Å². The molecule has 5 heteroatoms. The van der Waals surface area contributed by atoms with Crippen molar-refractivity contribution in [3.05, 3.63) is 35.9 Å². The minimum atomic E-state index is -0.129. The zero-order valence-electron chi connectivity index (χ0n) is 13.7. The maximum atomic E-state index is 12.1. The molecule has 0 unspecified atom stereocenters. The van der Waals surface area contributed by atoms with Crippen molar-refractivity contribution in [1.29, 1.82) is 0 Å². The summed E-state index contributed by atoms with van der Waals surface area (Å²) < 4.78 is 11.3. The topological polar surface area (TPSA) is 59.6 Å². The molecule has 2 fully saturated rings. The first kappa shape index (κ1) is 16.3. The number of benzene rings is 1. The molecule has 1 aromatic carbocycles. The predicted molar refractivity (Wildman–Crippen MR) is 88.2 cm³/mol. The molecule has 1 heterocycles. The van der Waals surface area contributed by atoms with Crippen LogP contribution in [0.2, 0.25) is 0 Å². The van der Waals surface area contributed by atoms with Crippen LogP contribution >= 0.6 is 0 Å². The average molecular weight is 318 g/mol. The number of amides is 2. The van der Waals surface area contributed by atoms with E-state index in [0.717, 1.165) is 30.9 Å².